The molecule has 136 valence electrons. The molecule has 4 rings (SSSR count). The van der Waals surface area contributed by atoms with Crippen molar-refractivity contribution in [3.8, 4) is 5.75 Å². The fourth-order valence-electron chi connectivity index (χ4n) is 3.33. The Morgan fingerprint density at radius 2 is 1.96 bits per heavy atom. The molecule has 0 radical (unpaired) electrons. The lowest BCUT2D eigenvalue weighted by Gasteiger charge is -2.21. The van der Waals surface area contributed by atoms with Gasteiger partial charge in [0.05, 0.1) is 29.9 Å². The van der Waals surface area contributed by atoms with Gasteiger partial charge in [-0.1, -0.05) is 25.1 Å². The molecule has 0 fully saturated rings. The summed E-state index contributed by atoms with van der Waals surface area (Å²) >= 11 is 0. The molecule has 2 aromatic carbocycles. The second kappa shape index (κ2) is 7.15. The molecule has 1 aromatic heterocycles. The molecule has 0 saturated carbocycles. The molecule has 0 spiro atoms. The molecule has 1 amide bonds. The molecule has 1 aliphatic rings. The van der Waals surface area contributed by atoms with Crippen molar-refractivity contribution in [3.05, 3.63) is 66.0 Å². The lowest BCUT2D eigenvalue weighted by molar-refractivity contribution is -0.132. The highest BCUT2D eigenvalue weighted by atomic mass is 16.5. The van der Waals surface area contributed by atoms with E-state index in [-0.39, 0.29) is 11.9 Å². The van der Waals surface area contributed by atoms with Crippen LogP contribution in [0.4, 0.5) is 0 Å². The van der Waals surface area contributed by atoms with E-state index in [1.54, 1.807) is 24.5 Å². The molecule has 6 nitrogen and oxygen atoms in total. The third-order valence-corrected chi connectivity index (χ3v) is 4.75. The Labute approximate surface area is 157 Å². The van der Waals surface area contributed by atoms with Crippen LogP contribution in [-0.2, 0) is 4.79 Å². The van der Waals surface area contributed by atoms with Crippen molar-refractivity contribution >= 4 is 22.7 Å². The van der Waals surface area contributed by atoms with Gasteiger partial charge in [0, 0.05) is 30.8 Å². The van der Waals surface area contributed by atoms with Crippen LogP contribution in [0.5, 0.6) is 5.75 Å². The molecule has 0 N–H and O–H groups in total. The monoisotopic (exact) mass is 360 g/mol. The first kappa shape index (κ1) is 17.1. The van der Waals surface area contributed by atoms with Crippen LogP contribution in [0.25, 0.3) is 11.0 Å². The zero-order valence-electron chi connectivity index (χ0n) is 15.3. The zero-order valence-corrected chi connectivity index (χ0v) is 15.3. The van der Waals surface area contributed by atoms with Crippen LogP contribution >= 0.6 is 0 Å². The lowest BCUT2D eigenvalue weighted by atomic mass is 9.97. The average molecular weight is 360 g/mol. The molecule has 0 aliphatic carbocycles. The first-order chi connectivity index (χ1) is 13.2. The minimum Gasteiger partial charge on any atom is -0.497 e. The van der Waals surface area contributed by atoms with Gasteiger partial charge < -0.3 is 4.74 Å². The van der Waals surface area contributed by atoms with Crippen LogP contribution in [0, 0.1) is 0 Å². The number of hydrazone groups is 1. The van der Waals surface area contributed by atoms with E-state index in [1.165, 1.54) is 0 Å². The normalized spacial score (nSPS) is 16.4. The summed E-state index contributed by atoms with van der Waals surface area (Å²) in [4.78, 5) is 21.2. The molecule has 0 saturated heterocycles. The SMILES string of the molecule is CCC(=O)N1N=C(c2cccc(OC)c2)CC1c1ccc2nccnc2c1. The highest BCUT2D eigenvalue weighted by molar-refractivity contribution is 6.03. The predicted molar refractivity (Wildman–Crippen MR) is 104 cm³/mol. The number of aromatic nitrogens is 2. The summed E-state index contributed by atoms with van der Waals surface area (Å²) in [5.41, 5.74) is 4.49. The number of methoxy groups -OCH3 is 1. The van der Waals surface area contributed by atoms with E-state index >= 15 is 0 Å². The average Bonchev–Trinajstić information content (AvgIpc) is 3.18. The minimum atomic E-state index is -0.148. The van der Waals surface area contributed by atoms with E-state index in [0.717, 1.165) is 33.6 Å². The molecule has 3 aromatic rings. The Morgan fingerprint density at radius 1 is 1.15 bits per heavy atom. The van der Waals surface area contributed by atoms with Gasteiger partial charge in [-0.3, -0.25) is 14.8 Å². The second-order valence-electron chi connectivity index (χ2n) is 6.39. The van der Waals surface area contributed by atoms with Crippen molar-refractivity contribution in [1.82, 2.24) is 15.0 Å². The molecule has 0 bridgehead atoms. The first-order valence-electron chi connectivity index (χ1n) is 8.94. The lowest BCUT2D eigenvalue weighted by Crippen LogP contribution is -2.26. The van der Waals surface area contributed by atoms with Crippen molar-refractivity contribution in [2.45, 2.75) is 25.8 Å². The summed E-state index contributed by atoms with van der Waals surface area (Å²) in [5, 5.41) is 6.25. The Morgan fingerprint density at radius 3 is 2.74 bits per heavy atom. The number of benzene rings is 2. The number of hydrogen-bond acceptors (Lipinski definition) is 5. The minimum absolute atomic E-state index is 0.00265. The number of nitrogens with zero attached hydrogens (tertiary/aromatic N) is 4. The van der Waals surface area contributed by atoms with Gasteiger partial charge >= 0.3 is 0 Å². The van der Waals surface area contributed by atoms with E-state index in [9.17, 15) is 4.79 Å². The topological polar surface area (TPSA) is 67.7 Å². The van der Waals surface area contributed by atoms with Gasteiger partial charge in [0.25, 0.3) is 0 Å². The fraction of sp³-hybridized carbons (Fsp3) is 0.238. The van der Waals surface area contributed by atoms with E-state index < -0.39 is 0 Å². The quantitative estimate of drug-likeness (QED) is 0.711. The van der Waals surface area contributed by atoms with Crippen LogP contribution in [-0.4, -0.2) is 33.7 Å². The van der Waals surface area contributed by atoms with Crippen LogP contribution in [0.1, 0.15) is 36.9 Å². The predicted octanol–water partition coefficient (Wildman–Crippen LogP) is 3.73. The van der Waals surface area contributed by atoms with Gasteiger partial charge in [0.2, 0.25) is 5.91 Å². The van der Waals surface area contributed by atoms with Gasteiger partial charge in [0.15, 0.2) is 0 Å². The summed E-state index contributed by atoms with van der Waals surface area (Å²) in [6.07, 6.45) is 4.39. The van der Waals surface area contributed by atoms with Gasteiger partial charge in [-0.2, -0.15) is 5.10 Å². The molecular weight excluding hydrogens is 340 g/mol. The molecule has 1 aliphatic heterocycles. The van der Waals surface area contributed by atoms with Crippen molar-refractivity contribution in [2.24, 2.45) is 5.10 Å². The molecule has 6 heteroatoms. The number of carbonyl (C=O) groups is 1. The van der Waals surface area contributed by atoms with Gasteiger partial charge in [-0.05, 0) is 29.8 Å². The fourth-order valence-corrected chi connectivity index (χ4v) is 3.33. The van der Waals surface area contributed by atoms with E-state index in [1.807, 2.05) is 49.4 Å². The Balaban J connectivity index is 1.72. The van der Waals surface area contributed by atoms with E-state index in [2.05, 4.69) is 15.1 Å². The highest BCUT2D eigenvalue weighted by Crippen LogP contribution is 2.34. The van der Waals surface area contributed by atoms with Gasteiger partial charge in [-0.25, -0.2) is 5.01 Å². The summed E-state index contributed by atoms with van der Waals surface area (Å²) in [6, 6.07) is 13.6. The molecule has 27 heavy (non-hydrogen) atoms. The van der Waals surface area contributed by atoms with Crippen LogP contribution < -0.4 is 4.74 Å². The summed E-state index contributed by atoms with van der Waals surface area (Å²) in [6.45, 7) is 1.85. The third kappa shape index (κ3) is 3.26. The van der Waals surface area contributed by atoms with Gasteiger partial charge in [0.1, 0.15) is 5.75 Å². The highest BCUT2D eigenvalue weighted by Gasteiger charge is 2.32. The number of carbonyl (C=O) groups excluding carboxylic acids is 1. The third-order valence-electron chi connectivity index (χ3n) is 4.75. The Bertz CT molecular complexity index is 1030. The Kier molecular flexibility index (Phi) is 4.54. The second-order valence-corrected chi connectivity index (χ2v) is 6.39. The number of fused-ring (bicyclic) bond motifs is 1. The van der Waals surface area contributed by atoms with Crippen molar-refractivity contribution in [2.75, 3.05) is 7.11 Å². The molecule has 2 heterocycles. The zero-order chi connectivity index (χ0) is 18.8. The molecule has 1 unspecified atom stereocenters. The molecule has 1 atom stereocenters. The van der Waals surface area contributed by atoms with Crippen molar-refractivity contribution in [1.29, 1.82) is 0 Å². The molecular formula is C21H20N4O2. The standard InChI is InChI=1S/C21H20N4O2/c1-3-21(26)25-20(15-7-8-17-19(12-15)23-10-9-22-17)13-18(24-25)14-5-4-6-16(11-14)27-2/h4-12,20H,3,13H2,1-2H3. The number of hydrogen-bond donors (Lipinski definition) is 0. The number of rotatable bonds is 4. The maximum Gasteiger partial charge on any atom is 0.242 e. The van der Waals surface area contributed by atoms with Crippen LogP contribution in [0.15, 0.2) is 60.0 Å². The van der Waals surface area contributed by atoms with Crippen molar-refractivity contribution in [3.63, 3.8) is 0 Å². The smallest absolute Gasteiger partial charge is 0.242 e. The Hall–Kier alpha value is -3.28. The summed E-state index contributed by atoms with van der Waals surface area (Å²) in [7, 11) is 1.64. The van der Waals surface area contributed by atoms with E-state index in [0.29, 0.717) is 12.8 Å². The number of amides is 1. The van der Waals surface area contributed by atoms with E-state index in [4.69, 9.17) is 4.74 Å². The first-order valence-corrected chi connectivity index (χ1v) is 8.94. The van der Waals surface area contributed by atoms with Crippen LogP contribution in [0.2, 0.25) is 0 Å². The van der Waals surface area contributed by atoms with Crippen LogP contribution in [0.3, 0.4) is 0 Å². The van der Waals surface area contributed by atoms with Gasteiger partial charge in [-0.15, -0.1) is 0 Å². The maximum atomic E-state index is 12.5. The number of ether oxygens (including phenoxy) is 1. The largest absolute Gasteiger partial charge is 0.497 e. The summed E-state index contributed by atoms with van der Waals surface area (Å²) < 4.78 is 5.32. The maximum absolute atomic E-state index is 12.5. The van der Waals surface area contributed by atoms with Crippen molar-refractivity contribution < 1.29 is 9.53 Å². The summed E-state index contributed by atoms with van der Waals surface area (Å²) in [5.74, 6) is 0.769.